The van der Waals surface area contributed by atoms with E-state index in [0.717, 1.165) is 13.1 Å². The van der Waals surface area contributed by atoms with E-state index < -0.39 is 0 Å². The van der Waals surface area contributed by atoms with Crippen LogP contribution in [0.3, 0.4) is 0 Å². The summed E-state index contributed by atoms with van der Waals surface area (Å²) in [5, 5.41) is 6.43. The standard InChI is InChI=1S/C12H14BrClN2O2/c1-12(6-15-7-12)18-5-10(17)16-9-4-2-3-8(14)11(9)13/h2-4,15H,5-7H2,1H3,(H,16,17). The highest BCUT2D eigenvalue weighted by atomic mass is 79.9. The minimum atomic E-state index is -0.219. The van der Waals surface area contributed by atoms with Crippen LogP contribution in [0, 0.1) is 0 Å². The van der Waals surface area contributed by atoms with E-state index in [1.165, 1.54) is 0 Å². The molecule has 1 aromatic carbocycles. The highest BCUT2D eigenvalue weighted by Crippen LogP contribution is 2.30. The maximum Gasteiger partial charge on any atom is 0.250 e. The fourth-order valence-corrected chi connectivity index (χ4v) is 2.14. The number of amides is 1. The predicted octanol–water partition coefficient (Wildman–Crippen LogP) is 2.42. The number of halogens is 2. The lowest BCUT2D eigenvalue weighted by molar-refractivity contribution is -0.130. The second-order valence-electron chi connectivity index (χ2n) is 4.49. The van der Waals surface area contributed by atoms with Crippen LogP contribution in [0.25, 0.3) is 0 Å². The normalized spacial score (nSPS) is 17.1. The summed E-state index contributed by atoms with van der Waals surface area (Å²) in [6.45, 7) is 3.57. The first kappa shape index (κ1) is 13.8. The van der Waals surface area contributed by atoms with E-state index in [1.807, 2.05) is 6.92 Å². The van der Waals surface area contributed by atoms with Crippen molar-refractivity contribution in [1.82, 2.24) is 5.32 Å². The summed E-state index contributed by atoms with van der Waals surface area (Å²) in [6.07, 6.45) is 0. The number of rotatable bonds is 4. The molecule has 0 bridgehead atoms. The highest BCUT2D eigenvalue weighted by molar-refractivity contribution is 9.10. The summed E-state index contributed by atoms with van der Waals surface area (Å²) in [7, 11) is 0. The molecule has 0 radical (unpaired) electrons. The number of ether oxygens (including phenoxy) is 1. The third-order valence-corrected chi connectivity index (χ3v) is 4.17. The molecule has 0 unspecified atom stereocenters. The molecule has 1 aliphatic heterocycles. The molecule has 1 amide bonds. The van der Waals surface area contributed by atoms with Gasteiger partial charge < -0.3 is 15.4 Å². The number of carbonyl (C=O) groups is 1. The van der Waals surface area contributed by atoms with Gasteiger partial charge in [0.2, 0.25) is 5.91 Å². The monoisotopic (exact) mass is 332 g/mol. The SMILES string of the molecule is CC1(OCC(=O)Nc2cccc(Cl)c2Br)CNC1. The van der Waals surface area contributed by atoms with Gasteiger partial charge >= 0.3 is 0 Å². The van der Waals surface area contributed by atoms with Gasteiger partial charge in [-0.05, 0) is 35.0 Å². The molecule has 2 N–H and O–H groups in total. The quantitative estimate of drug-likeness (QED) is 0.890. The Hall–Kier alpha value is -0.620. The van der Waals surface area contributed by atoms with Gasteiger partial charge in [0.05, 0.1) is 20.8 Å². The Balaban J connectivity index is 1.89. The molecule has 1 heterocycles. The smallest absolute Gasteiger partial charge is 0.250 e. The van der Waals surface area contributed by atoms with Gasteiger partial charge in [-0.1, -0.05) is 17.7 Å². The van der Waals surface area contributed by atoms with Gasteiger partial charge in [0, 0.05) is 13.1 Å². The minimum absolute atomic E-state index is 0.0388. The van der Waals surface area contributed by atoms with E-state index in [1.54, 1.807) is 18.2 Å². The van der Waals surface area contributed by atoms with Crippen LogP contribution < -0.4 is 10.6 Å². The molecule has 0 saturated carbocycles. The van der Waals surface area contributed by atoms with Crippen molar-refractivity contribution in [2.45, 2.75) is 12.5 Å². The van der Waals surface area contributed by atoms with Crippen LogP contribution in [0.5, 0.6) is 0 Å². The Morgan fingerprint density at radius 3 is 2.94 bits per heavy atom. The fraction of sp³-hybridized carbons (Fsp3) is 0.417. The molecule has 1 aliphatic rings. The van der Waals surface area contributed by atoms with Crippen LogP contribution in [0.4, 0.5) is 5.69 Å². The summed E-state index contributed by atoms with van der Waals surface area (Å²) < 4.78 is 6.22. The summed E-state index contributed by atoms with van der Waals surface area (Å²) >= 11 is 9.27. The maximum absolute atomic E-state index is 11.7. The van der Waals surface area contributed by atoms with Crippen molar-refractivity contribution in [3.8, 4) is 0 Å². The molecular formula is C12H14BrClN2O2. The van der Waals surface area contributed by atoms with Crippen molar-refractivity contribution in [2.75, 3.05) is 25.0 Å². The lowest BCUT2D eigenvalue weighted by Gasteiger charge is -2.38. The van der Waals surface area contributed by atoms with Gasteiger partial charge in [0.25, 0.3) is 0 Å². The second-order valence-corrected chi connectivity index (χ2v) is 5.69. The Bertz CT molecular complexity index is 463. The molecular weight excluding hydrogens is 320 g/mol. The molecule has 0 atom stereocenters. The van der Waals surface area contributed by atoms with Crippen LogP contribution in [0.2, 0.25) is 5.02 Å². The minimum Gasteiger partial charge on any atom is -0.363 e. The molecule has 4 nitrogen and oxygen atoms in total. The van der Waals surface area contributed by atoms with Gasteiger partial charge in [-0.2, -0.15) is 0 Å². The zero-order chi connectivity index (χ0) is 13.2. The van der Waals surface area contributed by atoms with Crippen LogP contribution in [0.1, 0.15) is 6.92 Å². The predicted molar refractivity (Wildman–Crippen MR) is 75.0 cm³/mol. The maximum atomic E-state index is 11.7. The van der Waals surface area contributed by atoms with Crippen molar-refractivity contribution in [1.29, 1.82) is 0 Å². The number of benzene rings is 1. The average molecular weight is 334 g/mol. The third-order valence-electron chi connectivity index (χ3n) is 2.78. The van der Waals surface area contributed by atoms with Crippen molar-refractivity contribution in [2.24, 2.45) is 0 Å². The second kappa shape index (κ2) is 5.57. The first-order chi connectivity index (χ1) is 8.50. The summed E-state index contributed by atoms with van der Waals surface area (Å²) in [5.41, 5.74) is 0.427. The van der Waals surface area contributed by atoms with E-state index in [4.69, 9.17) is 16.3 Å². The van der Waals surface area contributed by atoms with Gasteiger partial charge in [0.15, 0.2) is 0 Å². The van der Waals surface area contributed by atoms with Crippen molar-refractivity contribution in [3.05, 3.63) is 27.7 Å². The van der Waals surface area contributed by atoms with Crippen molar-refractivity contribution in [3.63, 3.8) is 0 Å². The van der Waals surface area contributed by atoms with Crippen LogP contribution in [-0.4, -0.2) is 31.2 Å². The number of carbonyl (C=O) groups excluding carboxylic acids is 1. The number of anilines is 1. The van der Waals surface area contributed by atoms with Crippen LogP contribution in [-0.2, 0) is 9.53 Å². The van der Waals surface area contributed by atoms with Gasteiger partial charge in [-0.3, -0.25) is 4.79 Å². The van der Waals surface area contributed by atoms with E-state index in [-0.39, 0.29) is 18.1 Å². The number of hydrogen-bond donors (Lipinski definition) is 2. The van der Waals surface area contributed by atoms with E-state index in [2.05, 4.69) is 26.6 Å². The molecule has 1 fully saturated rings. The lowest BCUT2D eigenvalue weighted by atomic mass is 10.0. The topological polar surface area (TPSA) is 50.4 Å². The molecule has 98 valence electrons. The summed E-state index contributed by atoms with van der Waals surface area (Å²) in [4.78, 5) is 11.7. The molecule has 6 heteroatoms. The number of nitrogens with one attached hydrogen (secondary N) is 2. The zero-order valence-electron chi connectivity index (χ0n) is 9.93. The molecule has 2 rings (SSSR count). The summed E-state index contributed by atoms with van der Waals surface area (Å²) in [6, 6.07) is 5.31. The summed E-state index contributed by atoms with van der Waals surface area (Å²) in [5.74, 6) is -0.189. The van der Waals surface area contributed by atoms with E-state index in [0.29, 0.717) is 15.2 Å². The molecule has 0 aliphatic carbocycles. The fourth-order valence-electron chi connectivity index (χ4n) is 1.61. The largest absolute Gasteiger partial charge is 0.363 e. The van der Waals surface area contributed by atoms with Gasteiger partial charge in [-0.25, -0.2) is 0 Å². The van der Waals surface area contributed by atoms with Crippen molar-refractivity contribution < 1.29 is 9.53 Å². The Morgan fingerprint density at radius 2 is 2.33 bits per heavy atom. The van der Waals surface area contributed by atoms with Crippen LogP contribution >= 0.6 is 27.5 Å². The lowest BCUT2D eigenvalue weighted by Crippen LogP contribution is -2.59. The molecule has 1 saturated heterocycles. The number of hydrogen-bond acceptors (Lipinski definition) is 3. The first-order valence-electron chi connectivity index (χ1n) is 5.59. The Kier molecular flexibility index (Phi) is 4.27. The van der Waals surface area contributed by atoms with Gasteiger partial charge in [-0.15, -0.1) is 0 Å². The van der Waals surface area contributed by atoms with E-state index in [9.17, 15) is 4.79 Å². The van der Waals surface area contributed by atoms with Gasteiger partial charge in [0.1, 0.15) is 6.61 Å². The third kappa shape index (κ3) is 3.23. The average Bonchev–Trinajstić information content (AvgIpc) is 2.30. The van der Waals surface area contributed by atoms with Crippen LogP contribution in [0.15, 0.2) is 22.7 Å². The Labute approximate surface area is 119 Å². The molecule has 0 spiro atoms. The highest BCUT2D eigenvalue weighted by Gasteiger charge is 2.33. The van der Waals surface area contributed by atoms with Crippen molar-refractivity contribution >= 4 is 39.1 Å². The Morgan fingerprint density at radius 1 is 1.61 bits per heavy atom. The molecule has 18 heavy (non-hydrogen) atoms. The molecule has 0 aromatic heterocycles. The first-order valence-corrected chi connectivity index (χ1v) is 6.76. The molecule has 1 aromatic rings. The zero-order valence-corrected chi connectivity index (χ0v) is 12.3. The van der Waals surface area contributed by atoms with E-state index >= 15 is 0 Å².